The Kier molecular flexibility index (Phi) is 5.78. The predicted octanol–water partition coefficient (Wildman–Crippen LogP) is 1.56. The minimum Gasteiger partial charge on any atom is -0.481 e. The molecule has 2 rings (SSSR count). The average molecular weight is 341 g/mol. The summed E-state index contributed by atoms with van der Waals surface area (Å²) in [6.07, 6.45) is 1.81. The molecule has 1 saturated carbocycles. The van der Waals surface area contributed by atoms with Crippen molar-refractivity contribution in [2.24, 2.45) is 0 Å². The van der Waals surface area contributed by atoms with Crippen molar-refractivity contribution in [3.8, 4) is 0 Å². The first kappa shape index (κ1) is 17.9. The highest BCUT2D eigenvalue weighted by Crippen LogP contribution is 2.35. The highest BCUT2D eigenvalue weighted by molar-refractivity contribution is 7.89. The zero-order valence-corrected chi connectivity index (χ0v) is 14.0. The van der Waals surface area contributed by atoms with Crippen LogP contribution in [-0.4, -0.2) is 44.0 Å². The van der Waals surface area contributed by atoms with Gasteiger partial charge in [0.15, 0.2) is 0 Å². The maximum absolute atomic E-state index is 12.4. The standard InChI is InChI=1S/C16H23NO5S/c1-22-14(10-13-6-3-2-4-7-13)12-23(20,21)17-16(8-5-9-16)11-15(18)19/h2-4,6-7,14,17H,5,8-12H2,1H3,(H,18,19). The topological polar surface area (TPSA) is 92.7 Å². The van der Waals surface area contributed by atoms with Gasteiger partial charge in [-0.15, -0.1) is 0 Å². The van der Waals surface area contributed by atoms with Crippen LogP contribution in [0.15, 0.2) is 30.3 Å². The summed E-state index contributed by atoms with van der Waals surface area (Å²) in [4.78, 5) is 11.0. The number of sulfonamides is 1. The Balaban J connectivity index is 1.99. The van der Waals surface area contributed by atoms with E-state index in [4.69, 9.17) is 9.84 Å². The van der Waals surface area contributed by atoms with Gasteiger partial charge >= 0.3 is 5.97 Å². The Morgan fingerprint density at radius 3 is 2.48 bits per heavy atom. The number of carboxylic acids is 1. The first-order chi connectivity index (χ1) is 10.8. The van der Waals surface area contributed by atoms with Gasteiger partial charge in [-0.3, -0.25) is 4.79 Å². The van der Waals surface area contributed by atoms with Gasteiger partial charge in [-0.05, 0) is 31.2 Å². The van der Waals surface area contributed by atoms with Crippen LogP contribution in [0.2, 0.25) is 0 Å². The molecule has 0 spiro atoms. The summed E-state index contributed by atoms with van der Waals surface area (Å²) < 4.78 is 32.7. The van der Waals surface area contributed by atoms with Gasteiger partial charge in [-0.2, -0.15) is 0 Å². The molecule has 0 amide bonds. The van der Waals surface area contributed by atoms with Gasteiger partial charge in [0.1, 0.15) is 0 Å². The van der Waals surface area contributed by atoms with Gasteiger partial charge < -0.3 is 9.84 Å². The average Bonchev–Trinajstić information content (AvgIpc) is 2.44. The summed E-state index contributed by atoms with van der Waals surface area (Å²) in [5, 5.41) is 8.97. The third-order valence-electron chi connectivity index (χ3n) is 4.22. The van der Waals surface area contributed by atoms with E-state index in [0.29, 0.717) is 19.3 Å². The van der Waals surface area contributed by atoms with Gasteiger partial charge in [-0.1, -0.05) is 30.3 Å². The second-order valence-corrected chi connectivity index (χ2v) is 7.90. The molecule has 0 radical (unpaired) electrons. The molecule has 23 heavy (non-hydrogen) atoms. The van der Waals surface area contributed by atoms with Crippen LogP contribution >= 0.6 is 0 Å². The molecule has 128 valence electrons. The zero-order chi connectivity index (χ0) is 16.9. The Morgan fingerprint density at radius 1 is 1.35 bits per heavy atom. The number of hydrogen-bond donors (Lipinski definition) is 2. The number of benzene rings is 1. The molecule has 1 aliphatic carbocycles. The van der Waals surface area contributed by atoms with Crippen molar-refractivity contribution < 1.29 is 23.1 Å². The molecule has 0 aliphatic heterocycles. The van der Waals surface area contributed by atoms with Crippen LogP contribution in [0, 0.1) is 0 Å². The van der Waals surface area contributed by atoms with Crippen molar-refractivity contribution in [2.45, 2.75) is 43.7 Å². The molecule has 0 heterocycles. The van der Waals surface area contributed by atoms with Crippen molar-refractivity contribution in [3.63, 3.8) is 0 Å². The molecule has 0 bridgehead atoms. The smallest absolute Gasteiger partial charge is 0.305 e. The van der Waals surface area contributed by atoms with E-state index in [2.05, 4.69) is 4.72 Å². The van der Waals surface area contributed by atoms with E-state index in [1.54, 1.807) is 0 Å². The van der Waals surface area contributed by atoms with Crippen molar-refractivity contribution >= 4 is 16.0 Å². The quantitative estimate of drug-likeness (QED) is 0.711. The van der Waals surface area contributed by atoms with Crippen molar-refractivity contribution in [1.29, 1.82) is 0 Å². The third-order valence-corrected chi connectivity index (χ3v) is 5.77. The molecule has 1 aliphatic rings. The molecule has 1 aromatic rings. The summed E-state index contributed by atoms with van der Waals surface area (Å²) >= 11 is 0. The first-order valence-corrected chi connectivity index (χ1v) is 9.30. The Hall–Kier alpha value is -1.44. The second kappa shape index (κ2) is 7.42. The maximum Gasteiger partial charge on any atom is 0.305 e. The van der Waals surface area contributed by atoms with Crippen LogP contribution in [0.25, 0.3) is 0 Å². The number of nitrogens with one attached hydrogen (secondary N) is 1. The molecule has 7 heteroatoms. The Labute approximate surface area is 136 Å². The molecule has 6 nitrogen and oxygen atoms in total. The lowest BCUT2D eigenvalue weighted by molar-refractivity contribution is -0.139. The van der Waals surface area contributed by atoms with Crippen LogP contribution < -0.4 is 4.72 Å². The van der Waals surface area contributed by atoms with Gasteiger partial charge in [0, 0.05) is 12.6 Å². The summed E-state index contributed by atoms with van der Waals surface area (Å²) in [6.45, 7) is 0. The SMILES string of the molecule is COC(Cc1ccccc1)CS(=O)(=O)NC1(CC(=O)O)CCC1. The van der Waals surface area contributed by atoms with Crippen molar-refractivity contribution in [2.75, 3.05) is 12.9 Å². The molecule has 0 saturated heterocycles. The molecule has 2 N–H and O–H groups in total. The molecule has 0 aromatic heterocycles. The van der Waals surface area contributed by atoms with Crippen LogP contribution in [0.1, 0.15) is 31.2 Å². The molecular weight excluding hydrogens is 318 g/mol. The van der Waals surface area contributed by atoms with Crippen LogP contribution in [0.3, 0.4) is 0 Å². The fraction of sp³-hybridized carbons (Fsp3) is 0.562. The fourth-order valence-corrected chi connectivity index (χ4v) is 4.67. The van der Waals surface area contributed by atoms with Gasteiger partial charge in [0.2, 0.25) is 10.0 Å². The predicted molar refractivity (Wildman–Crippen MR) is 86.7 cm³/mol. The molecular formula is C16H23NO5S. The molecule has 1 fully saturated rings. The van der Waals surface area contributed by atoms with E-state index in [9.17, 15) is 13.2 Å². The Bertz CT molecular complexity index is 625. The van der Waals surface area contributed by atoms with E-state index in [1.165, 1.54) is 7.11 Å². The number of ether oxygens (including phenoxy) is 1. The number of rotatable bonds is 9. The largest absolute Gasteiger partial charge is 0.481 e. The minimum absolute atomic E-state index is 0.178. The number of carboxylic acid groups (broad SMARTS) is 1. The zero-order valence-electron chi connectivity index (χ0n) is 13.2. The van der Waals surface area contributed by atoms with E-state index >= 15 is 0 Å². The van der Waals surface area contributed by atoms with Crippen LogP contribution in [0.4, 0.5) is 0 Å². The number of aliphatic carboxylic acids is 1. The van der Waals surface area contributed by atoms with Crippen LogP contribution in [0.5, 0.6) is 0 Å². The maximum atomic E-state index is 12.4. The van der Waals surface area contributed by atoms with E-state index < -0.39 is 27.6 Å². The van der Waals surface area contributed by atoms with Gasteiger partial charge in [0.05, 0.1) is 18.3 Å². The van der Waals surface area contributed by atoms with Gasteiger partial charge in [-0.25, -0.2) is 13.1 Å². The van der Waals surface area contributed by atoms with Crippen molar-refractivity contribution in [3.05, 3.63) is 35.9 Å². The normalized spacial score (nSPS) is 18.1. The van der Waals surface area contributed by atoms with E-state index in [-0.39, 0.29) is 12.2 Å². The third kappa shape index (κ3) is 5.30. The summed E-state index contributed by atoms with van der Waals surface area (Å²) in [5.41, 5.74) is 0.175. The first-order valence-electron chi connectivity index (χ1n) is 7.64. The minimum atomic E-state index is -3.62. The van der Waals surface area contributed by atoms with Crippen molar-refractivity contribution in [1.82, 2.24) is 4.72 Å². The lowest BCUT2D eigenvalue weighted by atomic mass is 9.75. The fourth-order valence-electron chi connectivity index (χ4n) is 2.91. The molecule has 1 unspecified atom stereocenters. The number of methoxy groups -OCH3 is 1. The lowest BCUT2D eigenvalue weighted by Crippen LogP contribution is -2.55. The number of hydrogen-bond acceptors (Lipinski definition) is 4. The summed E-state index contributed by atoms with van der Waals surface area (Å²) in [6, 6.07) is 9.53. The highest BCUT2D eigenvalue weighted by atomic mass is 32.2. The van der Waals surface area contributed by atoms with E-state index in [1.807, 2.05) is 30.3 Å². The molecule has 1 atom stereocenters. The highest BCUT2D eigenvalue weighted by Gasteiger charge is 2.42. The number of carbonyl (C=O) groups is 1. The summed E-state index contributed by atoms with van der Waals surface area (Å²) in [7, 11) is -2.13. The van der Waals surface area contributed by atoms with Gasteiger partial charge in [0.25, 0.3) is 0 Å². The molecule has 1 aromatic carbocycles. The second-order valence-electron chi connectivity index (χ2n) is 6.14. The van der Waals surface area contributed by atoms with Crippen LogP contribution in [-0.2, 0) is 26.0 Å². The lowest BCUT2D eigenvalue weighted by Gasteiger charge is -2.41. The summed E-state index contributed by atoms with van der Waals surface area (Å²) in [5.74, 6) is -1.17. The monoisotopic (exact) mass is 341 g/mol. The Morgan fingerprint density at radius 2 is 2.00 bits per heavy atom. The van der Waals surface area contributed by atoms with E-state index in [0.717, 1.165) is 12.0 Å².